The molecule has 6 N–H and O–H groups in total. The number of nitrogens with zero attached hydrogens (tertiary/aromatic N) is 1. The topological polar surface area (TPSA) is 128 Å². The molecule has 8 heteroatoms. The molecule has 1 saturated heterocycles. The molecule has 0 aromatic rings. The highest BCUT2D eigenvalue weighted by atomic mass is 16.6. The van der Waals surface area contributed by atoms with Crippen LogP contribution in [0.2, 0.25) is 0 Å². The molecular formula is C9H15N3O5. The van der Waals surface area contributed by atoms with Gasteiger partial charge in [0.2, 0.25) is 0 Å². The van der Waals surface area contributed by atoms with Crippen LogP contribution in [0.15, 0.2) is 11.9 Å². The van der Waals surface area contributed by atoms with Crippen LogP contribution in [0.25, 0.3) is 0 Å². The van der Waals surface area contributed by atoms with Crippen molar-refractivity contribution >= 4 is 6.03 Å². The lowest BCUT2D eigenvalue weighted by atomic mass is 10.1. The van der Waals surface area contributed by atoms with Crippen molar-refractivity contribution in [3.05, 3.63) is 11.9 Å². The van der Waals surface area contributed by atoms with Gasteiger partial charge in [0.15, 0.2) is 6.23 Å². The summed E-state index contributed by atoms with van der Waals surface area (Å²) in [6, 6.07) is -0.514. The van der Waals surface area contributed by atoms with E-state index in [1.807, 2.05) is 0 Å². The highest BCUT2D eigenvalue weighted by Gasteiger charge is 2.46. The molecule has 1 fully saturated rings. The molecule has 0 bridgehead atoms. The second kappa shape index (κ2) is 4.49. The Hall–Kier alpha value is -1.35. The number of carbonyl (C=O) groups is 1. The highest BCUT2D eigenvalue weighted by molar-refractivity contribution is 5.77. The first-order valence-electron chi connectivity index (χ1n) is 5.20. The number of aliphatic hydroxyl groups excluding tert-OH is 3. The van der Waals surface area contributed by atoms with Gasteiger partial charge in [-0.3, -0.25) is 10.2 Å². The van der Waals surface area contributed by atoms with Crippen LogP contribution in [0.3, 0.4) is 0 Å². The van der Waals surface area contributed by atoms with Gasteiger partial charge in [-0.2, -0.15) is 0 Å². The van der Waals surface area contributed by atoms with Crippen molar-refractivity contribution in [3.8, 4) is 0 Å². The van der Waals surface area contributed by atoms with Gasteiger partial charge in [0, 0.05) is 6.54 Å². The van der Waals surface area contributed by atoms with Crippen LogP contribution >= 0.6 is 0 Å². The molecule has 2 amide bonds. The van der Waals surface area contributed by atoms with Crippen molar-refractivity contribution in [2.45, 2.75) is 24.5 Å². The van der Waals surface area contributed by atoms with E-state index in [4.69, 9.17) is 15.6 Å². The number of ether oxygens (including phenoxy) is 1. The minimum absolute atomic E-state index is 0.171. The maximum absolute atomic E-state index is 11.6. The third-order valence-electron chi connectivity index (χ3n) is 2.84. The van der Waals surface area contributed by atoms with Crippen molar-refractivity contribution < 1.29 is 24.9 Å². The van der Waals surface area contributed by atoms with Gasteiger partial charge >= 0.3 is 6.03 Å². The maximum Gasteiger partial charge on any atom is 0.325 e. The fourth-order valence-electron chi connectivity index (χ4n) is 1.88. The molecule has 2 rings (SSSR count). The van der Waals surface area contributed by atoms with Gasteiger partial charge in [0.05, 0.1) is 6.61 Å². The normalized spacial score (nSPS) is 37.9. The number of nitrogens with two attached hydrogens (primary N) is 1. The number of urea groups is 1. The van der Waals surface area contributed by atoms with Crippen molar-refractivity contribution in [3.63, 3.8) is 0 Å². The number of hydrogen-bond acceptors (Lipinski definition) is 6. The Morgan fingerprint density at radius 2 is 2.24 bits per heavy atom. The minimum atomic E-state index is -1.26. The molecule has 2 aliphatic rings. The van der Waals surface area contributed by atoms with E-state index in [0.29, 0.717) is 0 Å². The van der Waals surface area contributed by atoms with Crippen LogP contribution in [-0.2, 0) is 4.74 Å². The predicted octanol–water partition coefficient (Wildman–Crippen LogP) is -2.75. The van der Waals surface area contributed by atoms with Crippen LogP contribution < -0.4 is 11.1 Å². The standard InChI is InChI=1S/C9H15N3O5/c10-5-1-2-12(9(16)11-5)8-7(15)6(14)4(3-13)17-8/h1,4,6-8,13-15H,2-3,10H2,(H,11,16)/t4-,6-,7-,8-/m1/s1. The smallest absolute Gasteiger partial charge is 0.325 e. The van der Waals surface area contributed by atoms with Crippen molar-refractivity contribution in [1.29, 1.82) is 0 Å². The molecule has 0 saturated carbocycles. The average Bonchev–Trinajstić information content (AvgIpc) is 2.57. The van der Waals surface area contributed by atoms with E-state index in [-0.39, 0.29) is 12.4 Å². The molecule has 2 aliphatic heterocycles. The zero-order valence-corrected chi connectivity index (χ0v) is 8.98. The number of nitrogens with one attached hydrogen (secondary N) is 1. The summed E-state index contributed by atoms with van der Waals surface area (Å²) < 4.78 is 5.23. The Balaban J connectivity index is 2.11. The average molecular weight is 245 g/mol. The van der Waals surface area contributed by atoms with Gasteiger partial charge in [-0.1, -0.05) is 0 Å². The lowest BCUT2D eigenvalue weighted by Crippen LogP contribution is -2.54. The molecule has 4 atom stereocenters. The third-order valence-corrected chi connectivity index (χ3v) is 2.84. The summed E-state index contributed by atoms with van der Waals surface area (Å²) in [4.78, 5) is 12.8. The Morgan fingerprint density at radius 1 is 1.53 bits per heavy atom. The summed E-state index contributed by atoms with van der Waals surface area (Å²) in [5.41, 5.74) is 5.41. The molecular weight excluding hydrogens is 230 g/mol. The first kappa shape index (κ1) is 12.1. The van der Waals surface area contributed by atoms with Gasteiger partial charge in [0.1, 0.15) is 24.1 Å². The number of amides is 2. The van der Waals surface area contributed by atoms with Gasteiger partial charge in [0.25, 0.3) is 0 Å². The largest absolute Gasteiger partial charge is 0.394 e. The zero-order valence-electron chi connectivity index (χ0n) is 8.98. The van der Waals surface area contributed by atoms with Gasteiger partial charge in [-0.15, -0.1) is 0 Å². The molecule has 2 heterocycles. The Kier molecular flexibility index (Phi) is 3.20. The molecule has 0 aromatic carbocycles. The van der Waals surface area contributed by atoms with E-state index in [1.165, 1.54) is 4.90 Å². The van der Waals surface area contributed by atoms with Crippen molar-refractivity contribution in [1.82, 2.24) is 10.2 Å². The first-order valence-corrected chi connectivity index (χ1v) is 5.20. The molecule has 0 spiro atoms. The highest BCUT2D eigenvalue weighted by Crippen LogP contribution is 2.24. The molecule has 0 aromatic heterocycles. The minimum Gasteiger partial charge on any atom is -0.394 e. The predicted molar refractivity (Wildman–Crippen MR) is 55.3 cm³/mol. The number of rotatable bonds is 2. The van der Waals surface area contributed by atoms with E-state index in [0.717, 1.165) is 0 Å². The second-order valence-electron chi connectivity index (χ2n) is 3.97. The number of carbonyl (C=O) groups excluding carboxylic acids is 1. The Labute approximate surface area is 97.3 Å². The van der Waals surface area contributed by atoms with Gasteiger partial charge in [-0.25, -0.2) is 4.79 Å². The summed E-state index contributed by atoms with van der Waals surface area (Å²) in [5.74, 6) is 0.234. The lowest BCUT2D eigenvalue weighted by Gasteiger charge is -2.32. The molecule has 0 unspecified atom stereocenters. The van der Waals surface area contributed by atoms with E-state index in [1.54, 1.807) is 6.08 Å². The van der Waals surface area contributed by atoms with Crippen molar-refractivity contribution in [2.24, 2.45) is 5.73 Å². The monoisotopic (exact) mass is 245 g/mol. The van der Waals surface area contributed by atoms with Crippen LogP contribution in [0.1, 0.15) is 0 Å². The van der Waals surface area contributed by atoms with E-state index >= 15 is 0 Å². The summed E-state index contributed by atoms with van der Waals surface area (Å²) in [6.07, 6.45) is -2.82. The SMILES string of the molecule is NC1=CCN([C@@H]2O[C@H](CO)[C@@H](O)[C@H]2O)C(=O)N1. The van der Waals surface area contributed by atoms with Crippen LogP contribution in [0, 0.1) is 0 Å². The van der Waals surface area contributed by atoms with Crippen LogP contribution in [0.4, 0.5) is 4.79 Å². The fourth-order valence-corrected chi connectivity index (χ4v) is 1.88. The molecule has 8 nitrogen and oxygen atoms in total. The number of hydrogen-bond donors (Lipinski definition) is 5. The summed E-state index contributed by atoms with van der Waals surface area (Å²) in [6.45, 7) is -0.258. The summed E-state index contributed by atoms with van der Waals surface area (Å²) in [7, 11) is 0. The van der Waals surface area contributed by atoms with Crippen molar-refractivity contribution in [2.75, 3.05) is 13.2 Å². The molecule has 0 radical (unpaired) electrons. The first-order chi connectivity index (χ1) is 8.04. The summed E-state index contributed by atoms with van der Waals surface area (Å²) >= 11 is 0. The number of aliphatic hydroxyl groups is 3. The van der Waals surface area contributed by atoms with Crippen LogP contribution in [-0.4, -0.2) is 63.9 Å². The van der Waals surface area contributed by atoms with E-state index < -0.39 is 37.2 Å². The van der Waals surface area contributed by atoms with E-state index in [9.17, 15) is 15.0 Å². The van der Waals surface area contributed by atoms with E-state index in [2.05, 4.69) is 5.32 Å². The Bertz CT molecular complexity index is 348. The second-order valence-corrected chi connectivity index (χ2v) is 3.97. The quantitative estimate of drug-likeness (QED) is 0.359. The van der Waals surface area contributed by atoms with Crippen LogP contribution in [0.5, 0.6) is 0 Å². The lowest BCUT2D eigenvalue weighted by molar-refractivity contribution is -0.0766. The maximum atomic E-state index is 11.6. The summed E-state index contributed by atoms with van der Waals surface area (Å²) in [5, 5.41) is 30.6. The molecule has 96 valence electrons. The third kappa shape index (κ3) is 2.07. The van der Waals surface area contributed by atoms with Gasteiger partial charge < -0.3 is 25.8 Å². The molecule has 17 heavy (non-hydrogen) atoms. The fraction of sp³-hybridized carbons (Fsp3) is 0.667. The zero-order chi connectivity index (χ0) is 12.6. The Morgan fingerprint density at radius 3 is 2.76 bits per heavy atom. The molecule has 0 aliphatic carbocycles. The van der Waals surface area contributed by atoms with Gasteiger partial charge in [-0.05, 0) is 6.08 Å².